The highest BCUT2D eigenvalue weighted by Gasteiger charge is 2.28. The number of aryl methyl sites for hydroxylation is 1. The number of hydrogen-bond acceptors (Lipinski definition) is 3. The van der Waals surface area contributed by atoms with Crippen LogP contribution in [0.1, 0.15) is 28.2 Å². The number of ether oxygens (including phenoxy) is 1. The molecule has 0 bridgehead atoms. The van der Waals surface area contributed by atoms with Crippen molar-refractivity contribution in [1.82, 2.24) is 9.47 Å². The van der Waals surface area contributed by atoms with Crippen LogP contribution in [0.3, 0.4) is 0 Å². The molecule has 1 aliphatic rings. The fourth-order valence-electron chi connectivity index (χ4n) is 3.82. The molecule has 3 heterocycles. The molecule has 0 saturated carbocycles. The summed E-state index contributed by atoms with van der Waals surface area (Å²) in [7, 11) is 1.72. The molecule has 0 N–H and O–H groups in total. The van der Waals surface area contributed by atoms with E-state index in [4.69, 9.17) is 9.15 Å². The molecule has 0 radical (unpaired) electrons. The molecule has 1 atom stereocenters. The number of carbonyl (C=O) groups is 1. The van der Waals surface area contributed by atoms with Gasteiger partial charge < -0.3 is 18.6 Å². The summed E-state index contributed by atoms with van der Waals surface area (Å²) < 4.78 is 13.4. The minimum atomic E-state index is -0.0317. The Morgan fingerprint density at radius 3 is 2.88 bits per heavy atom. The van der Waals surface area contributed by atoms with E-state index >= 15 is 0 Å². The van der Waals surface area contributed by atoms with E-state index in [1.165, 1.54) is 0 Å². The standard InChI is InChI=1S/C21H24N2O3/c1-15-18-7-3-4-8-19(18)26-20(15)21(24)23-13-16(9-11-25-2)12-22-10-5-6-17(22)14-23/h3-8,10,16H,9,11-14H2,1-2H3. The molecule has 0 fully saturated rings. The Hall–Kier alpha value is -2.53. The van der Waals surface area contributed by atoms with Gasteiger partial charge in [-0.3, -0.25) is 4.79 Å². The van der Waals surface area contributed by atoms with Crippen molar-refractivity contribution in [3.05, 3.63) is 59.6 Å². The Kier molecular flexibility index (Phi) is 4.55. The predicted molar refractivity (Wildman–Crippen MR) is 100 cm³/mol. The SMILES string of the molecule is COCCC1CN(C(=O)c2oc3ccccc3c2C)Cc2cccn2C1. The molecule has 1 amide bonds. The summed E-state index contributed by atoms with van der Waals surface area (Å²) in [5.74, 6) is 0.782. The Balaban J connectivity index is 1.66. The monoisotopic (exact) mass is 352 g/mol. The van der Waals surface area contributed by atoms with E-state index in [2.05, 4.69) is 16.8 Å². The Bertz CT molecular complexity index is 924. The predicted octanol–water partition coefficient (Wildman–Crippen LogP) is 3.85. The largest absolute Gasteiger partial charge is 0.451 e. The fraction of sp³-hybridized carbons (Fsp3) is 0.381. The van der Waals surface area contributed by atoms with Gasteiger partial charge >= 0.3 is 0 Å². The van der Waals surface area contributed by atoms with E-state index in [1.54, 1.807) is 7.11 Å². The van der Waals surface area contributed by atoms with Crippen LogP contribution in [0.15, 0.2) is 47.0 Å². The van der Waals surface area contributed by atoms with E-state index in [0.717, 1.165) is 35.2 Å². The van der Waals surface area contributed by atoms with Crippen molar-refractivity contribution >= 4 is 16.9 Å². The first-order valence-corrected chi connectivity index (χ1v) is 9.07. The second-order valence-electron chi connectivity index (χ2n) is 7.04. The summed E-state index contributed by atoms with van der Waals surface area (Å²) in [6.07, 6.45) is 3.02. The highest BCUT2D eigenvalue weighted by atomic mass is 16.5. The lowest BCUT2D eigenvalue weighted by Gasteiger charge is -2.23. The zero-order valence-electron chi connectivity index (χ0n) is 15.3. The highest BCUT2D eigenvalue weighted by Crippen LogP contribution is 2.28. The molecule has 5 nitrogen and oxygen atoms in total. The van der Waals surface area contributed by atoms with Crippen LogP contribution in [0.5, 0.6) is 0 Å². The maximum Gasteiger partial charge on any atom is 0.290 e. The fourth-order valence-corrected chi connectivity index (χ4v) is 3.82. The van der Waals surface area contributed by atoms with E-state index < -0.39 is 0 Å². The molecule has 26 heavy (non-hydrogen) atoms. The van der Waals surface area contributed by atoms with Gasteiger partial charge in [0.25, 0.3) is 5.91 Å². The maximum atomic E-state index is 13.3. The van der Waals surface area contributed by atoms with E-state index in [-0.39, 0.29) is 5.91 Å². The average molecular weight is 352 g/mol. The maximum absolute atomic E-state index is 13.3. The highest BCUT2D eigenvalue weighted by molar-refractivity contribution is 5.98. The Morgan fingerprint density at radius 1 is 1.23 bits per heavy atom. The molecule has 1 aliphatic heterocycles. The van der Waals surface area contributed by atoms with Crippen LogP contribution in [-0.2, 0) is 17.8 Å². The topological polar surface area (TPSA) is 47.6 Å². The van der Waals surface area contributed by atoms with Gasteiger partial charge in [0.15, 0.2) is 5.76 Å². The first-order valence-electron chi connectivity index (χ1n) is 9.07. The molecule has 1 aromatic carbocycles. The number of carbonyl (C=O) groups excluding carboxylic acids is 1. The number of para-hydroxylation sites is 1. The molecular weight excluding hydrogens is 328 g/mol. The van der Waals surface area contributed by atoms with Crippen molar-refractivity contribution in [3.8, 4) is 0 Å². The molecule has 5 heteroatoms. The van der Waals surface area contributed by atoms with E-state index in [9.17, 15) is 4.79 Å². The molecule has 3 aromatic rings. The summed E-state index contributed by atoms with van der Waals surface area (Å²) in [4.78, 5) is 15.2. The number of aromatic nitrogens is 1. The number of fused-ring (bicyclic) bond motifs is 2. The second kappa shape index (κ2) is 7.00. The quantitative estimate of drug-likeness (QED) is 0.716. The molecular formula is C21H24N2O3. The van der Waals surface area contributed by atoms with Crippen molar-refractivity contribution in [2.45, 2.75) is 26.4 Å². The first kappa shape index (κ1) is 16.9. The number of amides is 1. The number of nitrogens with zero attached hydrogens (tertiary/aromatic N) is 2. The number of hydrogen-bond donors (Lipinski definition) is 0. The van der Waals surface area contributed by atoms with Crippen molar-refractivity contribution in [3.63, 3.8) is 0 Å². The van der Waals surface area contributed by atoms with Crippen LogP contribution in [0.25, 0.3) is 11.0 Å². The normalized spacial score (nSPS) is 17.3. The van der Waals surface area contributed by atoms with Crippen molar-refractivity contribution in [2.24, 2.45) is 5.92 Å². The zero-order chi connectivity index (χ0) is 18.1. The Labute approximate surface area is 153 Å². The van der Waals surface area contributed by atoms with Crippen LogP contribution in [0, 0.1) is 12.8 Å². The molecule has 2 aromatic heterocycles. The van der Waals surface area contributed by atoms with Crippen LogP contribution < -0.4 is 0 Å². The van der Waals surface area contributed by atoms with Gasteiger partial charge in [0.1, 0.15) is 5.58 Å². The van der Waals surface area contributed by atoms with Gasteiger partial charge in [0.05, 0.1) is 6.54 Å². The van der Waals surface area contributed by atoms with Gasteiger partial charge in [-0.15, -0.1) is 0 Å². The lowest BCUT2D eigenvalue weighted by Crippen LogP contribution is -2.34. The lowest BCUT2D eigenvalue weighted by atomic mass is 10.1. The van der Waals surface area contributed by atoms with Gasteiger partial charge in [-0.1, -0.05) is 18.2 Å². The average Bonchev–Trinajstić information content (AvgIpc) is 3.18. The van der Waals surface area contributed by atoms with E-state index in [0.29, 0.717) is 31.4 Å². The van der Waals surface area contributed by atoms with Crippen molar-refractivity contribution in [1.29, 1.82) is 0 Å². The minimum absolute atomic E-state index is 0.0317. The van der Waals surface area contributed by atoms with Gasteiger partial charge in [0.2, 0.25) is 0 Å². The van der Waals surface area contributed by atoms with Crippen LogP contribution >= 0.6 is 0 Å². The Morgan fingerprint density at radius 2 is 2.08 bits per heavy atom. The van der Waals surface area contributed by atoms with Crippen molar-refractivity contribution < 1.29 is 13.9 Å². The van der Waals surface area contributed by atoms with Gasteiger partial charge in [-0.05, 0) is 37.5 Å². The smallest absolute Gasteiger partial charge is 0.290 e. The lowest BCUT2D eigenvalue weighted by molar-refractivity contribution is 0.0675. The van der Waals surface area contributed by atoms with Gasteiger partial charge in [-0.2, -0.15) is 0 Å². The summed E-state index contributed by atoms with van der Waals surface area (Å²) in [6, 6.07) is 11.9. The molecule has 0 aliphatic carbocycles. The second-order valence-corrected chi connectivity index (χ2v) is 7.04. The molecule has 136 valence electrons. The number of benzene rings is 1. The molecule has 0 saturated heterocycles. The third-order valence-electron chi connectivity index (χ3n) is 5.27. The minimum Gasteiger partial charge on any atom is -0.451 e. The zero-order valence-corrected chi connectivity index (χ0v) is 15.3. The third-order valence-corrected chi connectivity index (χ3v) is 5.27. The van der Waals surface area contributed by atoms with Gasteiger partial charge in [0, 0.05) is 49.6 Å². The van der Waals surface area contributed by atoms with E-state index in [1.807, 2.05) is 42.2 Å². The number of furan rings is 1. The number of rotatable bonds is 4. The van der Waals surface area contributed by atoms with Crippen molar-refractivity contribution in [2.75, 3.05) is 20.3 Å². The summed E-state index contributed by atoms with van der Waals surface area (Å²) in [5.41, 5.74) is 2.84. The summed E-state index contributed by atoms with van der Waals surface area (Å²) in [6.45, 7) is 4.88. The molecule has 0 spiro atoms. The summed E-state index contributed by atoms with van der Waals surface area (Å²) >= 11 is 0. The van der Waals surface area contributed by atoms with Gasteiger partial charge in [-0.25, -0.2) is 0 Å². The molecule has 4 rings (SSSR count). The molecule has 1 unspecified atom stereocenters. The van der Waals surface area contributed by atoms with Crippen LogP contribution in [0.4, 0.5) is 0 Å². The number of methoxy groups -OCH3 is 1. The third kappa shape index (κ3) is 3.03. The summed E-state index contributed by atoms with van der Waals surface area (Å²) in [5, 5.41) is 1.00. The first-order chi connectivity index (χ1) is 12.7. The van der Waals surface area contributed by atoms with Crippen LogP contribution in [-0.4, -0.2) is 35.6 Å². The van der Waals surface area contributed by atoms with Crippen LogP contribution in [0.2, 0.25) is 0 Å².